The summed E-state index contributed by atoms with van der Waals surface area (Å²) in [7, 11) is 0. The SMILES string of the molecule is CCCCCCCCCCCCCCCCCCCC(=O)NCCCCCCCCCCCCCC. The van der Waals surface area contributed by atoms with Gasteiger partial charge in [0.1, 0.15) is 0 Å². The summed E-state index contributed by atoms with van der Waals surface area (Å²) < 4.78 is 0. The second-order valence-corrected chi connectivity index (χ2v) is 11.6. The van der Waals surface area contributed by atoms with Crippen molar-refractivity contribution in [1.29, 1.82) is 0 Å². The van der Waals surface area contributed by atoms with Gasteiger partial charge in [-0.25, -0.2) is 0 Å². The van der Waals surface area contributed by atoms with E-state index in [1.807, 2.05) is 0 Å². The van der Waals surface area contributed by atoms with Gasteiger partial charge in [-0.3, -0.25) is 4.79 Å². The van der Waals surface area contributed by atoms with Gasteiger partial charge in [0.05, 0.1) is 0 Å². The van der Waals surface area contributed by atoms with Crippen molar-refractivity contribution >= 4 is 5.91 Å². The summed E-state index contributed by atoms with van der Waals surface area (Å²) >= 11 is 0. The number of unbranched alkanes of at least 4 members (excludes halogenated alkanes) is 27. The number of hydrogen-bond donors (Lipinski definition) is 1. The molecule has 0 aromatic heterocycles. The zero-order valence-corrected chi connectivity index (χ0v) is 25.3. The molecule has 0 atom stereocenters. The van der Waals surface area contributed by atoms with Gasteiger partial charge in [-0.2, -0.15) is 0 Å². The van der Waals surface area contributed by atoms with Crippen molar-refractivity contribution < 1.29 is 4.79 Å². The molecule has 2 nitrogen and oxygen atoms in total. The molecule has 0 aromatic rings. The predicted octanol–water partition coefficient (Wildman–Crippen LogP) is 11.8. The molecule has 0 bridgehead atoms. The van der Waals surface area contributed by atoms with Crippen molar-refractivity contribution in [2.45, 2.75) is 206 Å². The molecule has 0 aliphatic rings. The zero-order valence-electron chi connectivity index (χ0n) is 25.3. The maximum atomic E-state index is 12.0. The van der Waals surface area contributed by atoms with Crippen molar-refractivity contribution in [2.75, 3.05) is 6.54 Å². The number of carbonyl (C=O) groups excluding carboxylic acids is 1. The van der Waals surface area contributed by atoms with Crippen LogP contribution in [0.15, 0.2) is 0 Å². The molecule has 0 saturated carbocycles. The van der Waals surface area contributed by atoms with E-state index in [0.29, 0.717) is 0 Å². The molecule has 1 N–H and O–H groups in total. The molecule has 0 radical (unpaired) electrons. The first-order chi connectivity index (χ1) is 17.8. The lowest BCUT2D eigenvalue weighted by molar-refractivity contribution is -0.121. The predicted molar refractivity (Wildman–Crippen MR) is 163 cm³/mol. The highest BCUT2D eigenvalue weighted by atomic mass is 16.1. The van der Waals surface area contributed by atoms with Gasteiger partial charge >= 0.3 is 0 Å². The lowest BCUT2D eigenvalue weighted by atomic mass is 10.0. The topological polar surface area (TPSA) is 29.1 Å². The monoisotopic (exact) mass is 508 g/mol. The quantitative estimate of drug-likeness (QED) is 0.0928. The minimum atomic E-state index is 0.277. The molecule has 0 aromatic carbocycles. The lowest BCUT2D eigenvalue weighted by Crippen LogP contribution is -2.23. The fourth-order valence-corrected chi connectivity index (χ4v) is 5.29. The van der Waals surface area contributed by atoms with Gasteiger partial charge in [0.25, 0.3) is 0 Å². The summed E-state index contributed by atoms with van der Waals surface area (Å²) in [6.45, 7) is 5.46. The molecule has 1 amide bonds. The van der Waals surface area contributed by atoms with Crippen LogP contribution in [0.5, 0.6) is 0 Å². The molecule has 36 heavy (non-hydrogen) atoms. The number of rotatable bonds is 31. The van der Waals surface area contributed by atoms with Crippen molar-refractivity contribution in [1.82, 2.24) is 5.32 Å². The van der Waals surface area contributed by atoms with E-state index in [4.69, 9.17) is 0 Å². The van der Waals surface area contributed by atoms with E-state index in [2.05, 4.69) is 19.2 Å². The smallest absolute Gasteiger partial charge is 0.219 e. The summed E-state index contributed by atoms with van der Waals surface area (Å²) in [6, 6.07) is 0. The molecule has 0 aliphatic carbocycles. The summed E-state index contributed by atoms with van der Waals surface area (Å²) in [5.41, 5.74) is 0. The molecule has 0 unspecified atom stereocenters. The van der Waals surface area contributed by atoms with Crippen LogP contribution < -0.4 is 5.32 Å². The van der Waals surface area contributed by atoms with Crippen molar-refractivity contribution in [3.05, 3.63) is 0 Å². The van der Waals surface area contributed by atoms with Gasteiger partial charge in [0.2, 0.25) is 5.91 Å². The van der Waals surface area contributed by atoms with Crippen molar-refractivity contribution in [3.63, 3.8) is 0 Å². The standard InChI is InChI=1S/C34H69NO/c1-3-5-7-9-11-13-15-17-18-19-20-21-22-24-26-28-30-32-34(36)35-33-31-29-27-25-23-16-14-12-10-8-6-4-2/h3-33H2,1-2H3,(H,35,36). The van der Waals surface area contributed by atoms with Gasteiger partial charge < -0.3 is 5.32 Å². The first-order valence-corrected chi connectivity index (χ1v) is 17.1. The van der Waals surface area contributed by atoms with Crippen LogP contribution in [-0.4, -0.2) is 12.5 Å². The van der Waals surface area contributed by atoms with E-state index in [1.165, 1.54) is 173 Å². The highest BCUT2D eigenvalue weighted by Crippen LogP contribution is 2.15. The molecular weight excluding hydrogens is 438 g/mol. The van der Waals surface area contributed by atoms with Crippen LogP contribution in [0.1, 0.15) is 206 Å². The van der Waals surface area contributed by atoms with Crippen LogP contribution in [-0.2, 0) is 4.79 Å². The van der Waals surface area contributed by atoms with E-state index < -0.39 is 0 Å². The third-order valence-corrected chi connectivity index (χ3v) is 7.86. The number of hydrogen-bond acceptors (Lipinski definition) is 1. The summed E-state index contributed by atoms with van der Waals surface area (Å²) in [5.74, 6) is 0.277. The van der Waals surface area contributed by atoms with Gasteiger partial charge in [-0.1, -0.05) is 187 Å². The van der Waals surface area contributed by atoms with Crippen molar-refractivity contribution in [3.8, 4) is 0 Å². The third kappa shape index (κ3) is 31.5. The maximum absolute atomic E-state index is 12.0. The largest absolute Gasteiger partial charge is 0.356 e. The molecule has 0 fully saturated rings. The molecule has 0 aliphatic heterocycles. The van der Waals surface area contributed by atoms with E-state index in [1.54, 1.807) is 0 Å². The second kappa shape index (κ2) is 32.5. The Kier molecular flexibility index (Phi) is 32.0. The van der Waals surface area contributed by atoms with Crippen LogP contribution in [0.25, 0.3) is 0 Å². The zero-order chi connectivity index (χ0) is 26.2. The Labute approximate surface area is 228 Å². The third-order valence-electron chi connectivity index (χ3n) is 7.86. The van der Waals surface area contributed by atoms with E-state index in [9.17, 15) is 4.79 Å². The van der Waals surface area contributed by atoms with Gasteiger partial charge in [0, 0.05) is 13.0 Å². The molecule has 0 rings (SSSR count). The van der Waals surface area contributed by atoms with Crippen molar-refractivity contribution in [2.24, 2.45) is 0 Å². The Morgan fingerprint density at radius 3 is 0.917 bits per heavy atom. The molecule has 2 heteroatoms. The van der Waals surface area contributed by atoms with Gasteiger partial charge in [-0.05, 0) is 12.8 Å². The van der Waals surface area contributed by atoms with Crippen LogP contribution in [0.4, 0.5) is 0 Å². The van der Waals surface area contributed by atoms with E-state index in [0.717, 1.165) is 25.8 Å². The fourth-order valence-electron chi connectivity index (χ4n) is 5.29. The average molecular weight is 508 g/mol. The fraction of sp³-hybridized carbons (Fsp3) is 0.971. The Hall–Kier alpha value is -0.530. The number of nitrogens with one attached hydrogen (secondary N) is 1. The first kappa shape index (κ1) is 35.5. The summed E-state index contributed by atoms with van der Waals surface area (Å²) in [4.78, 5) is 12.0. The highest BCUT2D eigenvalue weighted by Gasteiger charge is 2.01. The minimum absolute atomic E-state index is 0.277. The number of amides is 1. The van der Waals surface area contributed by atoms with Gasteiger partial charge in [0.15, 0.2) is 0 Å². The Bertz CT molecular complexity index is 408. The minimum Gasteiger partial charge on any atom is -0.356 e. The maximum Gasteiger partial charge on any atom is 0.219 e. The molecule has 216 valence electrons. The Balaban J connectivity index is 3.13. The molecular formula is C34H69NO. The van der Waals surface area contributed by atoms with Crippen LogP contribution in [0, 0.1) is 0 Å². The number of carbonyl (C=O) groups is 1. The molecule has 0 saturated heterocycles. The lowest BCUT2D eigenvalue weighted by Gasteiger charge is -2.06. The normalized spacial score (nSPS) is 11.3. The van der Waals surface area contributed by atoms with E-state index in [-0.39, 0.29) is 5.91 Å². The van der Waals surface area contributed by atoms with Crippen LogP contribution >= 0.6 is 0 Å². The van der Waals surface area contributed by atoms with E-state index >= 15 is 0 Å². The van der Waals surface area contributed by atoms with Gasteiger partial charge in [-0.15, -0.1) is 0 Å². The first-order valence-electron chi connectivity index (χ1n) is 17.1. The summed E-state index contributed by atoms with van der Waals surface area (Å²) in [6.07, 6.45) is 40.8. The second-order valence-electron chi connectivity index (χ2n) is 11.6. The Morgan fingerprint density at radius 1 is 0.361 bits per heavy atom. The highest BCUT2D eigenvalue weighted by molar-refractivity contribution is 5.75. The Morgan fingerprint density at radius 2 is 0.611 bits per heavy atom. The molecule has 0 spiro atoms. The van der Waals surface area contributed by atoms with Crippen LogP contribution in [0.2, 0.25) is 0 Å². The van der Waals surface area contributed by atoms with Crippen LogP contribution in [0.3, 0.4) is 0 Å². The summed E-state index contributed by atoms with van der Waals surface area (Å²) in [5, 5.41) is 3.13. The molecule has 0 heterocycles. The average Bonchev–Trinajstić information content (AvgIpc) is 2.88.